The Hall–Kier alpha value is -1.06. The fourth-order valence-corrected chi connectivity index (χ4v) is 2.11. The second-order valence-electron chi connectivity index (χ2n) is 5.81. The summed E-state index contributed by atoms with van der Waals surface area (Å²) in [6.45, 7) is 6.46. The standard InChI is InChI=1S/C15H24N2O/c1-12(2)17(3)11-15(8-9-15)16-10-13-4-6-14(18)7-5-13/h4-7,12,16,18H,8-11H2,1-3H3. The number of hydrogen-bond acceptors (Lipinski definition) is 3. The molecular weight excluding hydrogens is 224 g/mol. The van der Waals surface area contributed by atoms with E-state index in [1.165, 1.54) is 18.4 Å². The zero-order valence-corrected chi connectivity index (χ0v) is 11.6. The van der Waals surface area contributed by atoms with E-state index in [9.17, 15) is 5.11 Å². The molecule has 1 aliphatic carbocycles. The largest absolute Gasteiger partial charge is 0.508 e. The second kappa shape index (κ2) is 5.29. The van der Waals surface area contributed by atoms with Crippen LogP contribution in [0.15, 0.2) is 24.3 Å². The van der Waals surface area contributed by atoms with Crippen LogP contribution in [-0.2, 0) is 6.54 Å². The van der Waals surface area contributed by atoms with E-state index in [-0.39, 0.29) is 0 Å². The Bertz CT molecular complexity index is 382. The highest BCUT2D eigenvalue weighted by atomic mass is 16.3. The van der Waals surface area contributed by atoms with Gasteiger partial charge in [-0.2, -0.15) is 0 Å². The van der Waals surface area contributed by atoms with Crippen molar-refractivity contribution in [2.45, 2.75) is 44.8 Å². The molecule has 0 heterocycles. The first kappa shape index (κ1) is 13.4. The molecule has 3 nitrogen and oxygen atoms in total. The third-order valence-electron chi connectivity index (χ3n) is 3.89. The van der Waals surface area contributed by atoms with Gasteiger partial charge in [0.1, 0.15) is 5.75 Å². The van der Waals surface area contributed by atoms with Crippen LogP contribution in [0.1, 0.15) is 32.3 Å². The molecule has 100 valence electrons. The maximum absolute atomic E-state index is 9.25. The smallest absolute Gasteiger partial charge is 0.115 e. The second-order valence-corrected chi connectivity index (χ2v) is 5.81. The Morgan fingerprint density at radius 3 is 2.39 bits per heavy atom. The summed E-state index contributed by atoms with van der Waals surface area (Å²) < 4.78 is 0. The lowest BCUT2D eigenvalue weighted by Gasteiger charge is -2.27. The van der Waals surface area contributed by atoms with Crippen molar-refractivity contribution in [3.63, 3.8) is 0 Å². The molecule has 1 fully saturated rings. The number of rotatable bonds is 6. The number of nitrogens with zero attached hydrogens (tertiary/aromatic N) is 1. The summed E-state index contributed by atoms with van der Waals surface area (Å²) in [5.41, 5.74) is 1.54. The highest BCUT2D eigenvalue weighted by Crippen LogP contribution is 2.36. The minimum absolute atomic E-state index is 0.316. The van der Waals surface area contributed by atoms with Gasteiger partial charge in [0.05, 0.1) is 0 Å². The highest BCUT2D eigenvalue weighted by Gasteiger charge is 2.42. The fourth-order valence-electron chi connectivity index (χ4n) is 2.11. The average molecular weight is 248 g/mol. The number of aromatic hydroxyl groups is 1. The van der Waals surface area contributed by atoms with Crippen LogP contribution in [0.5, 0.6) is 5.75 Å². The molecule has 2 rings (SSSR count). The Morgan fingerprint density at radius 1 is 1.28 bits per heavy atom. The lowest BCUT2D eigenvalue weighted by atomic mass is 10.1. The van der Waals surface area contributed by atoms with Crippen LogP contribution in [0.2, 0.25) is 0 Å². The van der Waals surface area contributed by atoms with Crippen molar-refractivity contribution in [3.8, 4) is 5.75 Å². The highest BCUT2D eigenvalue weighted by molar-refractivity contribution is 5.26. The summed E-state index contributed by atoms with van der Waals surface area (Å²) in [5.74, 6) is 0.333. The van der Waals surface area contributed by atoms with Gasteiger partial charge in [0.2, 0.25) is 0 Å². The Labute approximate surface area is 110 Å². The van der Waals surface area contributed by atoms with Gasteiger partial charge in [-0.05, 0) is 51.4 Å². The molecule has 1 aromatic carbocycles. The van der Waals surface area contributed by atoms with Crippen molar-refractivity contribution in [1.29, 1.82) is 0 Å². The molecule has 1 saturated carbocycles. The quantitative estimate of drug-likeness (QED) is 0.811. The molecular formula is C15H24N2O. The summed E-state index contributed by atoms with van der Waals surface area (Å²) in [7, 11) is 2.19. The van der Waals surface area contributed by atoms with Gasteiger partial charge in [0.25, 0.3) is 0 Å². The van der Waals surface area contributed by atoms with Gasteiger partial charge >= 0.3 is 0 Å². The number of benzene rings is 1. The van der Waals surface area contributed by atoms with Gasteiger partial charge in [0.15, 0.2) is 0 Å². The molecule has 0 unspecified atom stereocenters. The van der Waals surface area contributed by atoms with Crippen LogP contribution in [-0.4, -0.2) is 35.2 Å². The SMILES string of the molecule is CC(C)N(C)CC1(NCc2ccc(O)cc2)CC1. The van der Waals surface area contributed by atoms with Crippen molar-refractivity contribution in [3.05, 3.63) is 29.8 Å². The molecule has 2 N–H and O–H groups in total. The van der Waals surface area contributed by atoms with E-state index in [2.05, 4.69) is 31.1 Å². The van der Waals surface area contributed by atoms with Crippen molar-refractivity contribution in [2.24, 2.45) is 0 Å². The minimum atomic E-state index is 0.316. The normalized spacial score (nSPS) is 17.4. The first-order valence-corrected chi connectivity index (χ1v) is 6.74. The fraction of sp³-hybridized carbons (Fsp3) is 0.600. The minimum Gasteiger partial charge on any atom is -0.508 e. The molecule has 0 aromatic heterocycles. The van der Waals surface area contributed by atoms with Crippen LogP contribution in [0.3, 0.4) is 0 Å². The van der Waals surface area contributed by atoms with Crippen molar-refractivity contribution in [2.75, 3.05) is 13.6 Å². The Balaban J connectivity index is 1.84. The maximum atomic E-state index is 9.25. The molecule has 0 aliphatic heterocycles. The van der Waals surface area contributed by atoms with Gasteiger partial charge in [-0.1, -0.05) is 12.1 Å². The molecule has 0 atom stereocenters. The third-order valence-corrected chi connectivity index (χ3v) is 3.89. The van der Waals surface area contributed by atoms with Gasteiger partial charge < -0.3 is 15.3 Å². The summed E-state index contributed by atoms with van der Waals surface area (Å²) >= 11 is 0. The molecule has 0 radical (unpaired) electrons. The lowest BCUT2D eigenvalue weighted by Crippen LogP contribution is -2.43. The first-order chi connectivity index (χ1) is 8.51. The van der Waals surface area contributed by atoms with Crippen LogP contribution in [0, 0.1) is 0 Å². The van der Waals surface area contributed by atoms with E-state index >= 15 is 0 Å². The molecule has 0 spiro atoms. The van der Waals surface area contributed by atoms with E-state index in [1.54, 1.807) is 12.1 Å². The van der Waals surface area contributed by atoms with Gasteiger partial charge in [-0.25, -0.2) is 0 Å². The molecule has 0 saturated heterocycles. The van der Waals surface area contributed by atoms with Gasteiger partial charge in [-0.15, -0.1) is 0 Å². The maximum Gasteiger partial charge on any atom is 0.115 e. The molecule has 1 aromatic rings. The zero-order chi connectivity index (χ0) is 13.2. The number of likely N-dealkylation sites (N-methyl/N-ethyl adjacent to an activating group) is 1. The lowest BCUT2D eigenvalue weighted by molar-refractivity contribution is 0.231. The monoisotopic (exact) mass is 248 g/mol. The molecule has 0 amide bonds. The van der Waals surface area contributed by atoms with E-state index in [0.29, 0.717) is 17.3 Å². The molecule has 18 heavy (non-hydrogen) atoms. The number of nitrogens with one attached hydrogen (secondary N) is 1. The van der Waals surface area contributed by atoms with Gasteiger partial charge in [0, 0.05) is 24.7 Å². The summed E-state index contributed by atoms with van der Waals surface area (Å²) in [6.07, 6.45) is 2.53. The topological polar surface area (TPSA) is 35.5 Å². The van der Waals surface area contributed by atoms with E-state index in [4.69, 9.17) is 0 Å². The molecule has 0 bridgehead atoms. The van der Waals surface area contributed by atoms with Crippen molar-refractivity contribution >= 4 is 0 Å². The van der Waals surface area contributed by atoms with Gasteiger partial charge in [-0.3, -0.25) is 0 Å². The number of hydrogen-bond donors (Lipinski definition) is 2. The van der Waals surface area contributed by atoms with E-state index in [1.807, 2.05) is 12.1 Å². The number of phenolic OH excluding ortho intramolecular Hbond substituents is 1. The number of phenols is 1. The van der Waals surface area contributed by atoms with Crippen LogP contribution >= 0.6 is 0 Å². The Morgan fingerprint density at radius 2 is 1.89 bits per heavy atom. The van der Waals surface area contributed by atoms with Crippen LogP contribution in [0.4, 0.5) is 0 Å². The molecule has 3 heteroatoms. The van der Waals surface area contributed by atoms with E-state index in [0.717, 1.165) is 13.1 Å². The van der Waals surface area contributed by atoms with Crippen LogP contribution < -0.4 is 5.32 Å². The van der Waals surface area contributed by atoms with Crippen molar-refractivity contribution < 1.29 is 5.11 Å². The zero-order valence-electron chi connectivity index (χ0n) is 11.6. The molecule has 1 aliphatic rings. The summed E-state index contributed by atoms with van der Waals surface area (Å²) in [6, 6.07) is 8.04. The average Bonchev–Trinajstić information content (AvgIpc) is 3.08. The third kappa shape index (κ3) is 3.47. The van der Waals surface area contributed by atoms with Crippen molar-refractivity contribution in [1.82, 2.24) is 10.2 Å². The predicted molar refractivity (Wildman–Crippen MR) is 74.7 cm³/mol. The van der Waals surface area contributed by atoms with Crippen LogP contribution in [0.25, 0.3) is 0 Å². The summed E-state index contributed by atoms with van der Waals surface area (Å²) in [4.78, 5) is 2.40. The predicted octanol–water partition coefficient (Wildman–Crippen LogP) is 2.35. The summed E-state index contributed by atoms with van der Waals surface area (Å²) in [5, 5.41) is 12.9. The first-order valence-electron chi connectivity index (χ1n) is 6.74. The van der Waals surface area contributed by atoms with E-state index < -0.39 is 0 Å². The Kier molecular flexibility index (Phi) is 3.93.